The second-order valence-electron chi connectivity index (χ2n) is 5.66. The second-order valence-corrected chi connectivity index (χ2v) is 6.50. The zero-order valence-corrected chi connectivity index (χ0v) is 16.2. The minimum absolute atomic E-state index is 0.385. The summed E-state index contributed by atoms with van der Waals surface area (Å²) in [6.45, 7) is 0. The van der Waals surface area contributed by atoms with Gasteiger partial charge in [0, 0.05) is 10.7 Å². The predicted octanol–water partition coefficient (Wildman–Crippen LogP) is 4.88. The van der Waals surface area contributed by atoms with E-state index < -0.39 is 5.97 Å². The van der Waals surface area contributed by atoms with Crippen LogP contribution in [0.1, 0.15) is 15.9 Å². The van der Waals surface area contributed by atoms with Gasteiger partial charge < -0.3 is 10.1 Å². The first-order chi connectivity index (χ1) is 13.6. The largest absolute Gasteiger partial charge is 0.423 e. The molecule has 0 saturated carbocycles. The van der Waals surface area contributed by atoms with Gasteiger partial charge >= 0.3 is 5.97 Å². The number of hydrogen-bond donors (Lipinski definition) is 2. The summed E-state index contributed by atoms with van der Waals surface area (Å²) in [4.78, 5) is 12.1. The van der Waals surface area contributed by atoms with Crippen molar-refractivity contribution >= 4 is 46.8 Å². The van der Waals surface area contributed by atoms with Gasteiger partial charge in [-0.2, -0.15) is 5.10 Å². The van der Waals surface area contributed by atoms with Gasteiger partial charge in [-0.1, -0.05) is 29.8 Å². The molecule has 0 atom stereocenters. The Kier molecular flexibility index (Phi) is 6.73. The van der Waals surface area contributed by atoms with E-state index in [-0.39, 0.29) is 0 Å². The summed E-state index contributed by atoms with van der Waals surface area (Å²) >= 11 is 11.0. The monoisotopic (exact) mass is 409 g/mol. The van der Waals surface area contributed by atoms with Gasteiger partial charge in [-0.05, 0) is 78.4 Å². The number of hydrogen-bond acceptors (Lipinski definition) is 4. The molecule has 3 aromatic rings. The van der Waals surface area contributed by atoms with Crippen LogP contribution in [0.25, 0.3) is 0 Å². The molecule has 0 amide bonds. The molecule has 3 aromatic carbocycles. The highest BCUT2D eigenvalue weighted by Gasteiger charge is 2.08. The molecule has 0 heterocycles. The summed E-state index contributed by atoms with van der Waals surface area (Å²) in [6.07, 6.45) is 1.61. The van der Waals surface area contributed by atoms with Gasteiger partial charge in [0.25, 0.3) is 0 Å². The van der Waals surface area contributed by atoms with E-state index in [2.05, 4.69) is 15.8 Å². The summed E-state index contributed by atoms with van der Waals surface area (Å²) in [6, 6.07) is 23.0. The Morgan fingerprint density at radius 1 is 0.964 bits per heavy atom. The molecule has 140 valence electrons. The van der Waals surface area contributed by atoms with E-state index in [1.165, 1.54) is 0 Å². The third-order valence-electron chi connectivity index (χ3n) is 3.58. The van der Waals surface area contributed by atoms with Gasteiger partial charge in [-0.15, -0.1) is 0 Å². The Morgan fingerprint density at radius 2 is 1.64 bits per heavy atom. The SMILES string of the molecule is O=C(Oc1ccc(C=NNC(=S)Nc2ccccc2)cc1)c1ccc(Cl)cc1. The van der Waals surface area contributed by atoms with Crippen LogP contribution in [-0.2, 0) is 0 Å². The molecule has 2 N–H and O–H groups in total. The standard InChI is InChI=1S/C21H16ClN3O2S/c22-17-10-8-16(9-11-17)20(26)27-19-12-6-15(7-13-19)14-23-25-21(28)24-18-4-2-1-3-5-18/h1-14H,(H2,24,25,28). The Bertz CT molecular complexity index is 975. The molecule has 5 nitrogen and oxygen atoms in total. The van der Waals surface area contributed by atoms with Crippen LogP contribution in [0, 0.1) is 0 Å². The number of ether oxygens (including phenoxy) is 1. The molecular formula is C21H16ClN3O2S. The lowest BCUT2D eigenvalue weighted by Gasteiger charge is -2.06. The van der Waals surface area contributed by atoms with Crippen molar-refractivity contribution in [3.63, 3.8) is 0 Å². The van der Waals surface area contributed by atoms with E-state index in [1.807, 2.05) is 30.3 Å². The summed E-state index contributed by atoms with van der Waals surface area (Å²) in [5, 5.41) is 8.05. The quantitative estimate of drug-likeness (QED) is 0.207. The van der Waals surface area contributed by atoms with E-state index in [1.54, 1.807) is 54.7 Å². The number of carbonyl (C=O) groups excluding carboxylic acids is 1. The zero-order chi connectivity index (χ0) is 19.8. The smallest absolute Gasteiger partial charge is 0.343 e. The normalized spacial score (nSPS) is 10.5. The molecule has 7 heteroatoms. The molecule has 28 heavy (non-hydrogen) atoms. The van der Waals surface area contributed by atoms with Gasteiger partial charge in [0.15, 0.2) is 5.11 Å². The number of hydrazone groups is 1. The van der Waals surface area contributed by atoms with Crippen molar-refractivity contribution in [1.82, 2.24) is 5.43 Å². The number of anilines is 1. The van der Waals surface area contributed by atoms with Gasteiger partial charge in [0.1, 0.15) is 5.75 Å². The lowest BCUT2D eigenvalue weighted by atomic mass is 10.2. The van der Waals surface area contributed by atoms with E-state index >= 15 is 0 Å². The van der Waals surface area contributed by atoms with E-state index in [0.29, 0.717) is 21.4 Å². The Balaban J connectivity index is 1.51. The van der Waals surface area contributed by atoms with Crippen LogP contribution < -0.4 is 15.5 Å². The van der Waals surface area contributed by atoms with Crippen molar-refractivity contribution in [3.8, 4) is 5.75 Å². The third kappa shape index (κ3) is 5.90. The summed E-state index contributed by atoms with van der Waals surface area (Å²) < 4.78 is 5.33. The van der Waals surface area contributed by atoms with Gasteiger partial charge in [0.05, 0.1) is 11.8 Å². The van der Waals surface area contributed by atoms with Crippen molar-refractivity contribution in [2.24, 2.45) is 5.10 Å². The number of nitrogens with one attached hydrogen (secondary N) is 2. The average Bonchev–Trinajstić information content (AvgIpc) is 2.70. The molecule has 3 rings (SSSR count). The molecule has 0 aliphatic heterocycles. The highest BCUT2D eigenvalue weighted by molar-refractivity contribution is 7.80. The number of para-hydroxylation sites is 1. The van der Waals surface area contributed by atoms with Gasteiger partial charge in [0.2, 0.25) is 0 Å². The summed E-state index contributed by atoms with van der Waals surface area (Å²) in [5.74, 6) is -0.0107. The van der Waals surface area contributed by atoms with Crippen molar-refractivity contribution in [2.75, 3.05) is 5.32 Å². The number of thiocarbonyl (C=S) groups is 1. The molecule has 0 unspecified atom stereocenters. The van der Waals surface area contributed by atoms with Crippen LogP contribution >= 0.6 is 23.8 Å². The lowest BCUT2D eigenvalue weighted by molar-refractivity contribution is 0.0735. The zero-order valence-electron chi connectivity index (χ0n) is 14.6. The predicted molar refractivity (Wildman–Crippen MR) is 116 cm³/mol. The maximum atomic E-state index is 12.1. The van der Waals surface area contributed by atoms with E-state index in [4.69, 9.17) is 28.6 Å². The van der Waals surface area contributed by atoms with E-state index in [9.17, 15) is 4.79 Å². The third-order valence-corrected chi connectivity index (χ3v) is 4.03. The molecule has 0 spiro atoms. The van der Waals surface area contributed by atoms with Crippen LogP contribution in [-0.4, -0.2) is 17.3 Å². The first kappa shape index (κ1) is 19.5. The molecule has 0 fully saturated rings. The molecule has 0 aliphatic carbocycles. The number of rotatable bonds is 5. The first-order valence-corrected chi connectivity index (χ1v) is 9.12. The highest BCUT2D eigenvalue weighted by atomic mass is 35.5. The molecule has 0 radical (unpaired) electrons. The lowest BCUT2D eigenvalue weighted by Crippen LogP contribution is -2.23. The maximum absolute atomic E-state index is 12.1. The fraction of sp³-hybridized carbons (Fsp3) is 0. The summed E-state index contributed by atoms with van der Waals surface area (Å²) in [7, 11) is 0. The average molecular weight is 410 g/mol. The number of nitrogens with zero attached hydrogens (tertiary/aromatic N) is 1. The highest BCUT2D eigenvalue weighted by Crippen LogP contribution is 2.15. The number of carbonyl (C=O) groups is 1. The van der Waals surface area contributed by atoms with Gasteiger partial charge in [-0.25, -0.2) is 4.79 Å². The van der Waals surface area contributed by atoms with Crippen molar-refractivity contribution in [3.05, 3.63) is 95.0 Å². The molecule has 0 aromatic heterocycles. The van der Waals surface area contributed by atoms with Crippen LogP contribution in [0.2, 0.25) is 5.02 Å². The minimum atomic E-state index is -0.447. The van der Waals surface area contributed by atoms with Crippen molar-refractivity contribution in [1.29, 1.82) is 0 Å². The van der Waals surface area contributed by atoms with Crippen LogP contribution in [0.15, 0.2) is 84.0 Å². The van der Waals surface area contributed by atoms with Crippen LogP contribution in [0.3, 0.4) is 0 Å². The minimum Gasteiger partial charge on any atom is -0.423 e. The topological polar surface area (TPSA) is 62.7 Å². The van der Waals surface area contributed by atoms with Gasteiger partial charge in [-0.3, -0.25) is 5.43 Å². The fourth-order valence-corrected chi connectivity index (χ4v) is 2.52. The fourth-order valence-electron chi connectivity index (χ4n) is 2.22. The second kappa shape index (κ2) is 9.64. The number of esters is 1. The van der Waals surface area contributed by atoms with E-state index in [0.717, 1.165) is 11.3 Å². The van der Waals surface area contributed by atoms with Crippen LogP contribution in [0.5, 0.6) is 5.75 Å². The first-order valence-electron chi connectivity index (χ1n) is 8.33. The summed E-state index contributed by atoms with van der Waals surface area (Å²) in [5.41, 5.74) is 4.87. The molecular weight excluding hydrogens is 394 g/mol. The number of halogens is 1. The molecule has 0 aliphatic rings. The van der Waals surface area contributed by atoms with Crippen molar-refractivity contribution in [2.45, 2.75) is 0 Å². The molecule has 0 bridgehead atoms. The van der Waals surface area contributed by atoms with Crippen molar-refractivity contribution < 1.29 is 9.53 Å². The van der Waals surface area contributed by atoms with Crippen LogP contribution in [0.4, 0.5) is 5.69 Å². The Labute approximate surface area is 173 Å². The Hall–Kier alpha value is -3.22. The Morgan fingerprint density at radius 3 is 2.32 bits per heavy atom. The molecule has 0 saturated heterocycles. The number of benzene rings is 3. The maximum Gasteiger partial charge on any atom is 0.343 e.